The van der Waals surface area contributed by atoms with E-state index in [1.165, 1.54) is 37.8 Å². The van der Waals surface area contributed by atoms with Crippen molar-refractivity contribution in [3.8, 4) is 11.5 Å². The second kappa shape index (κ2) is 17.5. The Kier molecular flexibility index (Phi) is 16.7. The van der Waals surface area contributed by atoms with Gasteiger partial charge in [-0.2, -0.15) is 0 Å². The maximum Gasteiger partial charge on any atom is 0.193 e. The van der Waals surface area contributed by atoms with Gasteiger partial charge in [-0.05, 0) is 64.5 Å². The van der Waals surface area contributed by atoms with Crippen LogP contribution in [-0.4, -0.2) is 77.3 Å². The average molecular weight is 535 g/mol. The fraction of sp³-hybridized carbons (Fsp3) is 0.696. The highest BCUT2D eigenvalue weighted by Crippen LogP contribution is 2.27. The van der Waals surface area contributed by atoms with E-state index in [1.54, 1.807) is 14.2 Å². The maximum atomic E-state index is 5.40. The van der Waals surface area contributed by atoms with Crippen LogP contribution in [0.5, 0.6) is 11.5 Å². The monoisotopic (exact) mass is 534 g/mol. The van der Waals surface area contributed by atoms with Gasteiger partial charge in [0.05, 0.1) is 14.2 Å². The predicted octanol–water partition coefficient (Wildman–Crippen LogP) is 4.27. The van der Waals surface area contributed by atoms with Crippen molar-refractivity contribution in [3.05, 3.63) is 23.8 Å². The average Bonchev–Trinajstić information content (AvgIpc) is 2.72. The molecule has 1 N–H and O–H groups in total. The molecule has 0 aliphatic heterocycles. The van der Waals surface area contributed by atoms with E-state index in [9.17, 15) is 0 Å². The van der Waals surface area contributed by atoms with Crippen molar-refractivity contribution >= 4 is 29.9 Å². The SMILES string of the molecule is CCNC(=NCCCCCCCN(C)C)N(C)CCc1ccc(OC)c(OC)c1.I. The van der Waals surface area contributed by atoms with E-state index in [0.717, 1.165) is 49.9 Å². The summed E-state index contributed by atoms with van der Waals surface area (Å²) in [5.74, 6) is 2.53. The molecule has 0 aliphatic carbocycles. The van der Waals surface area contributed by atoms with Crippen LogP contribution in [0, 0.1) is 0 Å². The number of halogens is 1. The molecule has 1 aromatic carbocycles. The number of guanidine groups is 1. The first-order valence-corrected chi connectivity index (χ1v) is 10.9. The Bertz CT molecular complexity index is 597. The minimum Gasteiger partial charge on any atom is -0.493 e. The molecule has 0 aliphatic rings. The molecule has 7 heteroatoms. The van der Waals surface area contributed by atoms with Crippen LogP contribution in [0.15, 0.2) is 23.2 Å². The highest BCUT2D eigenvalue weighted by Gasteiger charge is 2.08. The van der Waals surface area contributed by atoms with E-state index in [1.807, 2.05) is 12.1 Å². The first kappa shape index (κ1) is 28.8. The van der Waals surface area contributed by atoms with Gasteiger partial charge in [-0.3, -0.25) is 4.99 Å². The van der Waals surface area contributed by atoms with Gasteiger partial charge >= 0.3 is 0 Å². The molecule has 6 nitrogen and oxygen atoms in total. The first-order chi connectivity index (χ1) is 14.0. The summed E-state index contributed by atoms with van der Waals surface area (Å²) in [6.07, 6.45) is 7.24. The molecule has 1 aromatic rings. The number of hydrogen-bond donors (Lipinski definition) is 1. The molecule has 0 spiro atoms. The number of benzene rings is 1. The van der Waals surface area contributed by atoms with Crippen molar-refractivity contribution in [2.24, 2.45) is 4.99 Å². The predicted molar refractivity (Wildman–Crippen MR) is 139 cm³/mol. The van der Waals surface area contributed by atoms with Gasteiger partial charge in [0.1, 0.15) is 0 Å². The number of methoxy groups -OCH3 is 2. The third-order valence-electron chi connectivity index (χ3n) is 4.91. The second-order valence-corrected chi connectivity index (χ2v) is 7.67. The number of likely N-dealkylation sites (N-methyl/N-ethyl adjacent to an activating group) is 1. The van der Waals surface area contributed by atoms with E-state index in [4.69, 9.17) is 14.5 Å². The smallest absolute Gasteiger partial charge is 0.193 e. The van der Waals surface area contributed by atoms with E-state index in [0.29, 0.717) is 0 Å². The number of nitrogens with zero attached hydrogens (tertiary/aromatic N) is 3. The molecule has 174 valence electrons. The molecule has 0 radical (unpaired) electrons. The lowest BCUT2D eigenvalue weighted by molar-refractivity contribution is 0.354. The highest BCUT2D eigenvalue weighted by atomic mass is 127. The number of rotatable bonds is 14. The number of nitrogens with one attached hydrogen (secondary N) is 1. The molecular formula is C23H43IN4O2. The molecule has 0 saturated carbocycles. The minimum atomic E-state index is 0. The van der Waals surface area contributed by atoms with Crippen molar-refractivity contribution in [2.75, 3.05) is 61.5 Å². The van der Waals surface area contributed by atoms with Gasteiger partial charge in [0, 0.05) is 26.7 Å². The van der Waals surface area contributed by atoms with Crippen molar-refractivity contribution < 1.29 is 9.47 Å². The van der Waals surface area contributed by atoms with Crippen LogP contribution < -0.4 is 14.8 Å². The maximum absolute atomic E-state index is 5.40. The summed E-state index contributed by atoms with van der Waals surface area (Å²) in [5, 5.41) is 3.41. The normalized spacial score (nSPS) is 11.2. The van der Waals surface area contributed by atoms with Gasteiger partial charge in [-0.15, -0.1) is 24.0 Å². The zero-order chi connectivity index (χ0) is 21.5. The first-order valence-electron chi connectivity index (χ1n) is 10.9. The van der Waals surface area contributed by atoms with Gasteiger partial charge in [0.15, 0.2) is 17.5 Å². The highest BCUT2D eigenvalue weighted by molar-refractivity contribution is 14.0. The molecule has 0 atom stereocenters. The summed E-state index contributed by atoms with van der Waals surface area (Å²) in [7, 11) is 9.71. The summed E-state index contributed by atoms with van der Waals surface area (Å²) in [6, 6.07) is 6.11. The van der Waals surface area contributed by atoms with E-state index >= 15 is 0 Å². The van der Waals surface area contributed by atoms with Gasteiger partial charge in [0.25, 0.3) is 0 Å². The largest absolute Gasteiger partial charge is 0.493 e. The standard InChI is InChI=1S/C23H42N4O2.HI/c1-7-24-23(25-16-11-9-8-10-12-17-26(2)3)27(4)18-15-20-13-14-21(28-5)22(19-20)29-6;/h13-14,19H,7-12,15-18H2,1-6H3,(H,24,25);1H. The van der Waals surface area contributed by atoms with Gasteiger partial charge in [0.2, 0.25) is 0 Å². The fourth-order valence-electron chi connectivity index (χ4n) is 3.16. The lowest BCUT2D eigenvalue weighted by Gasteiger charge is -2.22. The lowest BCUT2D eigenvalue weighted by Crippen LogP contribution is -2.40. The third kappa shape index (κ3) is 11.8. The van der Waals surface area contributed by atoms with Crippen molar-refractivity contribution in [3.63, 3.8) is 0 Å². The van der Waals surface area contributed by atoms with Gasteiger partial charge in [-0.1, -0.05) is 25.3 Å². The number of ether oxygens (including phenoxy) is 2. The molecule has 0 fully saturated rings. The molecule has 0 bridgehead atoms. The van der Waals surface area contributed by atoms with E-state index < -0.39 is 0 Å². The van der Waals surface area contributed by atoms with Crippen LogP contribution in [0.25, 0.3) is 0 Å². The van der Waals surface area contributed by atoms with E-state index in [2.05, 4.69) is 49.2 Å². The Morgan fingerprint density at radius 3 is 2.23 bits per heavy atom. The molecule has 0 saturated heterocycles. The lowest BCUT2D eigenvalue weighted by atomic mass is 10.1. The molecule has 0 heterocycles. The zero-order valence-electron chi connectivity index (χ0n) is 19.9. The van der Waals surface area contributed by atoms with E-state index in [-0.39, 0.29) is 24.0 Å². The Labute approximate surface area is 201 Å². The minimum absolute atomic E-state index is 0. The molecule has 30 heavy (non-hydrogen) atoms. The Morgan fingerprint density at radius 1 is 0.933 bits per heavy atom. The second-order valence-electron chi connectivity index (χ2n) is 7.67. The summed E-state index contributed by atoms with van der Waals surface area (Å²) >= 11 is 0. The summed E-state index contributed by atoms with van der Waals surface area (Å²) in [5.41, 5.74) is 1.23. The zero-order valence-corrected chi connectivity index (χ0v) is 22.2. The van der Waals surface area contributed by atoms with Crippen LogP contribution in [0.4, 0.5) is 0 Å². The van der Waals surface area contributed by atoms with Crippen LogP contribution in [-0.2, 0) is 6.42 Å². The van der Waals surface area contributed by atoms with Gasteiger partial charge < -0.3 is 24.6 Å². The van der Waals surface area contributed by atoms with Gasteiger partial charge in [-0.25, -0.2) is 0 Å². The Balaban J connectivity index is 0.00000841. The molecule has 0 amide bonds. The quantitative estimate of drug-likeness (QED) is 0.167. The van der Waals surface area contributed by atoms with Crippen molar-refractivity contribution in [1.29, 1.82) is 0 Å². The third-order valence-corrected chi connectivity index (χ3v) is 4.91. The molecule has 0 aromatic heterocycles. The number of hydrogen-bond acceptors (Lipinski definition) is 4. The molecular weight excluding hydrogens is 491 g/mol. The topological polar surface area (TPSA) is 49.3 Å². The van der Waals surface area contributed by atoms with Crippen LogP contribution >= 0.6 is 24.0 Å². The van der Waals surface area contributed by atoms with Crippen molar-refractivity contribution in [1.82, 2.24) is 15.1 Å². The van der Waals surface area contributed by atoms with Crippen LogP contribution in [0.2, 0.25) is 0 Å². The Hall–Kier alpha value is -1.22. The Morgan fingerprint density at radius 2 is 1.60 bits per heavy atom. The molecule has 1 rings (SSSR count). The summed E-state index contributed by atoms with van der Waals surface area (Å²) in [6.45, 7) is 5.96. The van der Waals surface area contributed by atoms with Crippen LogP contribution in [0.3, 0.4) is 0 Å². The molecule has 0 unspecified atom stereocenters. The van der Waals surface area contributed by atoms with Crippen molar-refractivity contribution in [2.45, 2.75) is 45.4 Å². The summed E-state index contributed by atoms with van der Waals surface area (Å²) in [4.78, 5) is 9.27. The number of unbranched alkanes of at least 4 members (excludes halogenated alkanes) is 4. The van der Waals surface area contributed by atoms with Crippen LogP contribution in [0.1, 0.15) is 44.6 Å². The fourth-order valence-corrected chi connectivity index (χ4v) is 3.16. The number of aliphatic imine (C=N–C) groups is 1. The summed E-state index contributed by atoms with van der Waals surface area (Å²) < 4.78 is 10.7.